The Kier molecular flexibility index (Phi) is 4.83. The van der Waals surface area contributed by atoms with Crippen molar-refractivity contribution in [2.45, 2.75) is 32.1 Å². The molecule has 6 heteroatoms. The van der Waals surface area contributed by atoms with E-state index in [-0.39, 0.29) is 30.7 Å². The second kappa shape index (κ2) is 7.03. The molecule has 0 aliphatic heterocycles. The van der Waals surface area contributed by atoms with E-state index in [1.54, 1.807) is 24.3 Å². The van der Waals surface area contributed by atoms with E-state index in [2.05, 4.69) is 10.6 Å². The molecule has 0 aromatic heterocycles. The van der Waals surface area contributed by atoms with Crippen LogP contribution in [-0.4, -0.2) is 29.4 Å². The maximum Gasteiger partial charge on any atom is 0.305 e. The highest BCUT2D eigenvalue weighted by Gasteiger charge is 2.54. The molecule has 2 aliphatic rings. The third kappa shape index (κ3) is 3.75. The summed E-state index contributed by atoms with van der Waals surface area (Å²) >= 11 is 0. The fourth-order valence-corrected chi connectivity index (χ4v) is 3.70. The lowest BCUT2D eigenvalue weighted by atomic mass is 10.0. The normalized spacial score (nSPS) is 24.6. The van der Waals surface area contributed by atoms with Crippen molar-refractivity contribution in [2.75, 3.05) is 11.9 Å². The van der Waals surface area contributed by atoms with Crippen molar-refractivity contribution >= 4 is 23.5 Å². The van der Waals surface area contributed by atoms with Gasteiger partial charge in [0.1, 0.15) is 0 Å². The van der Waals surface area contributed by atoms with Gasteiger partial charge in [0.2, 0.25) is 5.91 Å². The highest BCUT2D eigenvalue weighted by Crippen LogP contribution is 2.55. The molecule has 128 valence electrons. The summed E-state index contributed by atoms with van der Waals surface area (Å²) in [5.41, 5.74) is 1.13. The molecule has 0 spiro atoms. The number of carboxylic acids is 1. The Morgan fingerprint density at radius 1 is 1.04 bits per heavy atom. The van der Waals surface area contributed by atoms with Gasteiger partial charge >= 0.3 is 5.97 Å². The SMILES string of the molecule is O=C(O)CCNC(=O)c1ccc(NC(=O)C2C3CCCCC32)cc1. The number of amides is 2. The lowest BCUT2D eigenvalue weighted by molar-refractivity contribution is -0.136. The third-order valence-corrected chi connectivity index (χ3v) is 5.00. The Labute approximate surface area is 140 Å². The average molecular weight is 330 g/mol. The smallest absolute Gasteiger partial charge is 0.305 e. The van der Waals surface area contributed by atoms with Crippen LogP contribution in [0.1, 0.15) is 42.5 Å². The third-order valence-electron chi connectivity index (χ3n) is 5.00. The Morgan fingerprint density at radius 3 is 2.25 bits per heavy atom. The summed E-state index contributed by atoms with van der Waals surface area (Å²) in [6, 6.07) is 6.67. The van der Waals surface area contributed by atoms with E-state index >= 15 is 0 Å². The molecular formula is C18H22N2O4. The van der Waals surface area contributed by atoms with E-state index in [9.17, 15) is 14.4 Å². The molecule has 0 saturated heterocycles. The molecule has 1 aromatic carbocycles. The van der Waals surface area contributed by atoms with E-state index in [0.717, 1.165) is 12.8 Å². The van der Waals surface area contributed by atoms with E-state index in [4.69, 9.17) is 5.11 Å². The summed E-state index contributed by atoms with van der Waals surface area (Å²) < 4.78 is 0. The molecule has 24 heavy (non-hydrogen) atoms. The maximum atomic E-state index is 12.3. The van der Waals surface area contributed by atoms with Gasteiger partial charge in [0.15, 0.2) is 0 Å². The van der Waals surface area contributed by atoms with Crippen LogP contribution in [0, 0.1) is 17.8 Å². The number of carbonyl (C=O) groups is 3. The number of rotatable bonds is 6. The van der Waals surface area contributed by atoms with Crippen molar-refractivity contribution in [1.82, 2.24) is 5.32 Å². The van der Waals surface area contributed by atoms with Gasteiger partial charge in [-0.15, -0.1) is 0 Å². The van der Waals surface area contributed by atoms with Crippen LogP contribution in [0.3, 0.4) is 0 Å². The number of carboxylic acid groups (broad SMARTS) is 1. The van der Waals surface area contributed by atoms with Crippen molar-refractivity contribution in [1.29, 1.82) is 0 Å². The molecule has 2 saturated carbocycles. The number of benzene rings is 1. The van der Waals surface area contributed by atoms with Crippen LogP contribution in [0.2, 0.25) is 0 Å². The molecule has 0 heterocycles. The van der Waals surface area contributed by atoms with E-state index in [0.29, 0.717) is 23.1 Å². The molecule has 3 rings (SSSR count). The van der Waals surface area contributed by atoms with Crippen LogP contribution < -0.4 is 10.6 Å². The zero-order valence-corrected chi connectivity index (χ0v) is 13.5. The fourth-order valence-electron chi connectivity index (χ4n) is 3.70. The van der Waals surface area contributed by atoms with Crippen LogP contribution in [0.25, 0.3) is 0 Å². The average Bonchev–Trinajstić information content (AvgIpc) is 3.29. The fraction of sp³-hybridized carbons (Fsp3) is 0.500. The number of fused-ring (bicyclic) bond motifs is 1. The summed E-state index contributed by atoms with van der Waals surface area (Å²) in [6.45, 7) is 0.0944. The van der Waals surface area contributed by atoms with Gasteiger partial charge in [0, 0.05) is 23.7 Å². The molecule has 2 fully saturated rings. The number of hydrogen-bond acceptors (Lipinski definition) is 3. The number of nitrogens with one attached hydrogen (secondary N) is 2. The Balaban J connectivity index is 1.50. The van der Waals surface area contributed by atoms with Crippen LogP contribution in [0.5, 0.6) is 0 Å². The molecule has 2 atom stereocenters. The maximum absolute atomic E-state index is 12.3. The van der Waals surface area contributed by atoms with Crippen LogP contribution in [-0.2, 0) is 9.59 Å². The zero-order valence-electron chi connectivity index (χ0n) is 13.5. The minimum Gasteiger partial charge on any atom is -0.481 e. The summed E-state index contributed by atoms with van der Waals surface area (Å²) in [5.74, 6) is 0.115. The predicted molar refractivity (Wildman–Crippen MR) is 88.6 cm³/mol. The van der Waals surface area contributed by atoms with Crippen LogP contribution >= 0.6 is 0 Å². The molecule has 2 unspecified atom stereocenters. The highest BCUT2D eigenvalue weighted by molar-refractivity contribution is 5.97. The van der Waals surface area contributed by atoms with E-state index in [1.807, 2.05) is 0 Å². The number of anilines is 1. The predicted octanol–water partition coefficient (Wildman–Crippen LogP) is 2.27. The van der Waals surface area contributed by atoms with Crippen molar-refractivity contribution in [3.63, 3.8) is 0 Å². The van der Waals surface area contributed by atoms with Gasteiger partial charge in [-0.25, -0.2) is 0 Å². The van der Waals surface area contributed by atoms with Gasteiger partial charge in [0.25, 0.3) is 5.91 Å². The second-order valence-electron chi connectivity index (χ2n) is 6.60. The van der Waals surface area contributed by atoms with Crippen molar-refractivity contribution in [2.24, 2.45) is 17.8 Å². The quantitative estimate of drug-likeness (QED) is 0.745. The van der Waals surface area contributed by atoms with Gasteiger partial charge in [-0.2, -0.15) is 0 Å². The molecule has 2 aliphatic carbocycles. The Bertz CT molecular complexity index is 629. The molecule has 0 bridgehead atoms. The van der Waals surface area contributed by atoms with Gasteiger partial charge < -0.3 is 15.7 Å². The lowest BCUT2D eigenvalue weighted by Gasteiger charge is -2.07. The highest BCUT2D eigenvalue weighted by atomic mass is 16.4. The summed E-state index contributed by atoms with van der Waals surface area (Å²) in [4.78, 5) is 34.6. The lowest BCUT2D eigenvalue weighted by Crippen LogP contribution is -2.26. The largest absolute Gasteiger partial charge is 0.481 e. The van der Waals surface area contributed by atoms with Crippen LogP contribution in [0.4, 0.5) is 5.69 Å². The van der Waals surface area contributed by atoms with Crippen molar-refractivity contribution in [3.05, 3.63) is 29.8 Å². The number of aliphatic carboxylic acids is 1. The van der Waals surface area contributed by atoms with Crippen molar-refractivity contribution in [3.8, 4) is 0 Å². The molecule has 6 nitrogen and oxygen atoms in total. The molecular weight excluding hydrogens is 308 g/mol. The Morgan fingerprint density at radius 2 is 1.67 bits per heavy atom. The molecule has 3 N–H and O–H groups in total. The van der Waals surface area contributed by atoms with Gasteiger partial charge in [-0.1, -0.05) is 12.8 Å². The van der Waals surface area contributed by atoms with Crippen LogP contribution in [0.15, 0.2) is 24.3 Å². The zero-order chi connectivity index (χ0) is 17.1. The molecule has 0 radical (unpaired) electrons. The first kappa shape index (κ1) is 16.5. The molecule has 1 aromatic rings. The Hall–Kier alpha value is -2.37. The minimum absolute atomic E-state index is 0.0885. The minimum atomic E-state index is -0.950. The number of carbonyl (C=O) groups excluding carboxylic acids is 2. The first-order valence-electron chi connectivity index (χ1n) is 8.47. The summed E-state index contributed by atoms with van der Waals surface area (Å²) in [5, 5.41) is 14.0. The first-order chi connectivity index (χ1) is 11.6. The topological polar surface area (TPSA) is 95.5 Å². The van der Waals surface area contributed by atoms with E-state index in [1.165, 1.54) is 12.8 Å². The standard InChI is InChI=1S/C18H22N2O4/c21-15(22)9-10-19-17(23)11-5-7-12(8-6-11)20-18(24)16-13-3-1-2-4-14(13)16/h5-8,13-14,16H,1-4,9-10H2,(H,19,23)(H,20,24)(H,21,22). The van der Waals surface area contributed by atoms with Crippen molar-refractivity contribution < 1.29 is 19.5 Å². The summed E-state index contributed by atoms with van der Waals surface area (Å²) in [7, 11) is 0. The van der Waals surface area contributed by atoms with E-state index < -0.39 is 5.97 Å². The number of hydrogen-bond donors (Lipinski definition) is 3. The monoisotopic (exact) mass is 330 g/mol. The second-order valence-corrected chi connectivity index (χ2v) is 6.60. The molecule has 2 amide bonds. The summed E-state index contributed by atoms with van der Waals surface area (Å²) in [6.07, 6.45) is 4.69. The van der Waals surface area contributed by atoms with Gasteiger partial charge in [0.05, 0.1) is 6.42 Å². The van der Waals surface area contributed by atoms with Gasteiger partial charge in [-0.3, -0.25) is 14.4 Å². The van der Waals surface area contributed by atoms with Gasteiger partial charge in [-0.05, 0) is 48.9 Å². The first-order valence-corrected chi connectivity index (χ1v) is 8.47.